The maximum Gasteiger partial charge on any atom is 0.376 e. The van der Waals surface area contributed by atoms with Gasteiger partial charge in [0.1, 0.15) is 41.9 Å². The molecule has 0 atom stereocenters. The molecular formula is C41H40Br5N11O12. The number of carbonyl (C=O) groups is 3. The smallest absolute Gasteiger partial charge is 0.376 e. The predicted octanol–water partition coefficient (Wildman–Crippen LogP) is 9.40. The second kappa shape index (κ2) is 45.5. The summed E-state index contributed by atoms with van der Waals surface area (Å²) in [7, 11) is 0. The third kappa shape index (κ3) is 31.9. The van der Waals surface area contributed by atoms with Crippen LogP contribution in [0.25, 0.3) is 0 Å². The fourth-order valence-corrected chi connectivity index (χ4v) is 3.94. The topological polar surface area (TPSA) is 421 Å². The molecule has 69 heavy (non-hydrogen) atoms. The molecule has 0 saturated heterocycles. The summed E-state index contributed by atoms with van der Waals surface area (Å²) in [6.45, 7) is 7.30. The number of hydrogen-bond donors (Lipinski definition) is 4. The quantitative estimate of drug-likeness (QED) is 0.0286. The molecule has 4 aromatic rings. The number of ether oxygens (including phenoxy) is 5. The first-order valence-corrected chi connectivity index (χ1v) is 24.1. The van der Waals surface area contributed by atoms with E-state index in [2.05, 4.69) is 99.4 Å². The number of rotatable bonds is 10. The Kier molecular flexibility index (Phi) is 44.8. The van der Waals surface area contributed by atoms with Crippen LogP contribution in [0.15, 0.2) is 99.0 Å². The van der Waals surface area contributed by atoms with Gasteiger partial charge in [-0.05, 0) is 75.5 Å². The molecule has 0 amide bonds. The van der Waals surface area contributed by atoms with Gasteiger partial charge in [0.2, 0.25) is 23.0 Å². The van der Waals surface area contributed by atoms with Crippen LogP contribution in [0, 0.1) is 79.3 Å². The van der Waals surface area contributed by atoms with E-state index >= 15 is 0 Å². The molecule has 23 nitrogen and oxygen atoms in total. The minimum Gasteiger partial charge on any atom is -0.486 e. The lowest BCUT2D eigenvalue weighted by Crippen LogP contribution is -2.35. The molecule has 28 heteroatoms. The van der Waals surface area contributed by atoms with Crippen LogP contribution in [-0.4, -0.2) is 50.4 Å². The molecule has 0 spiro atoms. The fourth-order valence-electron chi connectivity index (χ4n) is 3.03. The largest absolute Gasteiger partial charge is 0.486 e. The highest BCUT2D eigenvalue weighted by molar-refractivity contribution is 9.93. The van der Waals surface area contributed by atoms with E-state index in [9.17, 15) is 14.4 Å². The number of hydrogen-bond acceptors (Lipinski definition) is 23. The summed E-state index contributed by atoms with van der Waals surface area (Å²) in [5.41, 5.74) is 22.8. The second-order valence-corrected chi connectivity index (χ2v) is 12.6. The number of allylic oxidation sites excluding steroid dienone is 4. The number of nitrogen functional groups attached to an aromatic ring is 4. The van der Waals surface area contributed by atoms with Crippen LogP contribution in [0.5, 0.6) is 0 Å². The van der Waals surface area contributed by atoms with Crippen LogP contribution in [0.4, 0.5) is 22.7 Å². The van der Waals surface area contributed by atoms with Gasteiger partial charge in [0.05, 0.1) is 95.6 Å². The second-order valence-electron chi connectivity index (χ2n) is 10.2. The summed E-state index contributed by atoms with van der Waals surface area (Å²) < 4.78 is 43.8. The van der Waals surface area contributed by atoms with Crippen molar-refractivity contribution in [1.29, 1.82) is 36.8 Å². The Morgan fingerprint density at radius 3 is 1.49 bits per heavy atom. The molecule has 0 fully saturated rings. The number of nitrogens with two attached hydrogens (primary N) is 4. The minimum absolute atomic E-state index is 0.00181. The molecule has 0 radical (unpaired) electrons. The van der Waals surface area contributed by atoms with Crippen LogP contribution < -0.4 is 22.9 Å². The highest BCUT2D eigenvalue weighted by Crippen LogP contribution is 2.33. The Labute approximate surface area is 436 Å². The van der Waals surface area contributed by atoms with E-state index < -0.39 is 24.0 Å². The number of nitrogens with zero attached hydrogens (tertiary/aromatic N) is 7. The molecule has 0 saturated carbocycles. The Balaban J connectivity index is -0.000000363. The van der Waals surface area contributed by atoms with E-state index in [1.165, 1.54) is 37.2 Å². The van der Waals surface area contributed by atoms with E-state index in [0.29, 0.717) is 43.0 Å². The molecule has 0 unspecified atom stereocenters. The SMILES string of the molecule is BrBr.C/C=C\C#N.CCOC(=O)C(O/C=C\C#N)C(=O)OCC.CCOC(=O)c1occc1N.N#C/C=C\OCC#N.N#Cc1oc(Br)c(Br)c1N.N#Cc1occ(Br)c1N.N#Cc1occc1N. The van der Waals surface area contributed by atoms with Crippen LogP contribution in [0.3, 0.4) is 0 Å². The molecule has 4 heterocycles. The van der Waals surface area contributed by atoms with Gasteiger partial charge >= 0.3 is 17.9 Å². The number of nitriles is 7. The zero-order valence-electron chi connectivity index (χ0n) is 36.5. The van der Waals surface area contributed by atoms with Crippen LogP contribution >= 0.6 is 76.0 Å². The van der Waals surface area contributed by atoms with Crippen molar-refractivity contribution in [2.45, 2.75) is 33.8 Å². The summed E-state index contributed by atoms with van der Waals surface area (Å²) in [6, 6.07) is 15.4. The third-order valence-electron chi connectivity index (χ3n) is 5.77. The Morgan fingerprint density at radius 1 is 0.681 bits per heavy atom. The lowest BCUT2D eigenvalue weighted by Gasteiger charge is -2.13. The first-order valence-electron chi connectivity index (χ1n) is 18.0. The minimum atomic E-state index is -1.48. The van der Waals surface area contributed by atoms with E-state index in [-0.39, 0.29) is 42.9 Å². The van der Waals surface area contributed by atoms with E-state index in [4.69, 9.17) is 77.8 Å². The van der Waals surface area contributed by atoms with Gasteiger partial charge in [-0.2, -0.15) is 36.8 Å². The van der Waals surface area contributed by atoms with E-state index in [1.807, 2.05) is 13.0 Å². The summed E-state index contributed by atoms with van der Waals surface area (Å²) in [6.07, 6.45) is 10.0. The number of halogens is 5. The molecule has 0 aliphatic heterocycles. The van der Waals surface area contributed by atoms with Crippen molar-refractivity contribution in [1.82, 2.24) is 0 Å². The number of carbonyl (C=O) groups excluding carboxylic acids is 3. The van der Waals surface area contributed by atoms with Crippen molar-refractivity contribution in [3.05, 3.63) is 104 Å². The van der Waals surface area contributed by atoms with Crippen molar-refractivity contribution in [3.63, 3.8) is 0 Å². The monoisotopic (exact) mass is 1270 g/mol. The van der Waals surface area contributed by atoms with Gasteiger partial charge < -0.3 is 64.3 Å². The zero-order valence-corrected chi connectivity index (χ0v) is 44.4. The van der Waals surface area contributed by atoms with Crippen molar-refractivity contribution < 1.29 is 55.7 Å². The number of anilines is 4. The highest BCUT2D eigenvalue weighted by atomic mass is 80.9. The Bertz CT molecular complexity index is 2500. The molecule has 0 aliphatic rings. The first-order chi connectivity index (χ1) is 33.0. The van der Waals surface area contributed by atoms with Crippen LogP contribution in [0.1, 0.15) is 55.5 Å². The van der Waals surface area contributed by atoms with Crippen LogP contribution in [-0.2, 0) is 33.3 Å². The maximum absolute atomic E-state index is 11.3. The van der Waals surface area contributed by atoms with Crippen molar-refractivity contribution in [3.8, 4) is 42.5 Å². The Morgan fingerprint density at radius 2 is 1.19 bits per heavy atom. The molecule has 0 aromatic carbocycles. The standard InChI is InChI=1S/C10H13NO5.C7H9NO3.C5H2Br2N2O.C5H3BrN2O.2C5H4N2O.C4H5N.Br2/c1-3-14-9(12)8(10(13)15-4-2)16-7-5-6-11;1-2-10-7(9)6-5(8)3-4-11-6;6-3-4(9)2(1-8)10-5(3)7;6-3-2-9-4(1-7)5(3)8;6-3-5-4(7)1-2-8-5;6-2-1-4-8-5-3-7;1-2-3-4-5;1-2/h5,7-8H,3-4H2,1-2H3;3-4H,2,8H2,1H3;9H2;2H,8H2;1-2H,7H2;1,4H,5H2;2-3H,1H3;/b7-5-;;;;;4-1-;3-2-;. The molecule has 366 valence electrons. The normalized spacial score (nSPS) is 8.86. The van der Waals surface area contributed by atoms with E-state index in [0.717, 1.165) is 18.4 Å². The summed E-state index contributed by atoms with van der Waals surface area (Å²) in [4.78, 5) is 33.5. The number of esters is 3. The van der Waals surface area contributed by atoms with Crippen molar-refractivity contribution in [2.75, 3.05) is 49.4 Å². The molecular weight excluding hydrogens is 1240 g/mol. The maximum atomic E-state index is 11.3. The van der Waals surface area contributed by atoms with Gasteiger partial charge in [-0.3, -0.25) is 0 Å². The van der Waals surface area contributed by atoms with Gasteiger partial charge in [0, 0.05) is 46.5 Å². The van der Waals surface area contributed by atoms with Gasteiger partial charge in [0.15, 0.2) is 11.3 Å². The van der Waals surface area contributed by atoms with Gasteiger partial charge in [-0.15, -0.1) is 0 Å². The van der Waals surface area contributed by atoms with E-state index in [1.54, 1.807) is 69.3 Å². The molecule has 0 bridgehead atoms. The average Bonchev–Trinajstić information content (AvgIpc) is 4.12. The lowest BCUT2D eigenvalue weighted by atomic mass is 10.3. The summed E-state index contributed by atoms with van der Waals surface area (Å²) in [5, 5.41) is 56.5. The van der Waals surface area contributed by atoms with Gasteiger partial charge in [-0.1, -0.05) is 6.08 Å². The van der Waals surface area contributed by atoms with Gasteiger partial charge in [0.25, 0.3) is 6.10 Å². The molecule has 8 N–H and O–H groups in total. The highest BCUT2D eigenvalue weighted by Gasteiger charge is 2.30. The Hall–Kier alpha value is -7.62. The molecule has 4 aromatic heterocycles. The third-order valence-corrected chi connectivity index (χ3v) is 8.26. The van der Waals surface area contributed by atoms with Crippen LogP contribution in [0.2, 0.25) is 0 Å². The first kappa shape index (κ1) is 68.0. The van der Waals surface area contributed by atoms with Gasteiger partial charge in [-0.25, -0.2) is 14.4 Å². The van der Waals surface area contributed by atoms with Crippen molar-refractivity contribution in [2.24, 2.45) is 0 Å². The lowest BCUT2D eigenvalue weighted by molar-refractivity contribution is -0.168. The zero-order chi connectivity index (χ0) is 53.6. The predicted molar refractivity (Wildman–Crippen MR) is 263 cm³/mol. The molecule has 4 rings (SSSR count). The number of furan rings is 4. The molecule has 0 aliphatic carbocycles. The summed E-state index contributed by atoms with van der Waals surface area (Å²) in [5.74, 6) is -1.67. The fraction of sp³-hybridized carbons (Fsp3) is 0.220. The summed E-state index contributed by atoms with van der Waals surface area (Å²) >= 11 is 14.8. The van der Waals surface area contributed by atoms with Crippen molar-refractivity contribution >= 4 is 117 Å². The average molecular weight is 1280 g/mol.